The van der Waals surface area contributed by atoms with Crippen molar-refractivity contribution >= 4 is 5.91 Å². The minimum absolute atomic E-state index is 0.0468. The molecule has 0 spiro atoms. The van der Waals surface area contributed by atoms with Crippen molar-refractivity contribution in [1.82, 2.24) is 15.1 Å². The lowest BCUT2D eigenvalue weighted by Gasteiger charge is -2.32. The predicted molar refractivity (Wildman–Crippen MR) is 83.7 cm³/mol. The summed E-state index contributed by atoms with van der Waals surface area (Å²) in [6.45, 7) is 1.65. The first-order chi connectivity index (χ1) is 11.2. The van der Waals surface area contributed by atoms with Gasteiger partial charge in [0.15, 0.2) is 11.6 Å². The number of hydrogen-bond acceptors (Lipinski definition) is 3. The molecule has 0 bridgehead atoms. The highest BCUT2D eigenvalue weighted by molar-refractivity contribution is 5.76. The Morgan fingerprint density at radius 2 is 2.26 bits per heavy atom. The number of rotatable bonds is 5. The van der Waals surface area contributed by atoms with Gasteiger partial charge in [-0.1, -0.05) is 12.1 Å². The molecule has 1 N–H and O–H groups in total. The van der Waals surface area contributed by atoms with E-state index in [1.54, 1.807) is 24.4 Å². The van der Waals surface area contributed by atoms with Crippen LogP contribution in [0, 0.1) is 5.82 Å². The number of ether oxygens (including phenoxy) is 1. The highest BCUT2D eigenvalue weighted by Crippen LogP contribution is 2.25. The van der Waals surface area contributed by atoms with Gasteiger partial charge in [-0.2, -0.15) is 5.10 Å². The molecule has 1 atom stereocenters. The number of benzene rings is 1. The Bertz CT molecular complexity index is 645. The van der Waals surface area contributed by atoms with Crippen LogP contribution in [-0.2, 0) is 4.79 Å². The van der Waals surface area contributed by atoms with Crippen molar-refractivity contribution in [2.45, 2.75) is 25.2 Å². The molecule has 122 valence electrons. The monoisotopic (exact) mass is 317 g/mol. The Morgan fingerprint density at radius 3 is 3.04 bits per heavy atom. The van der Waals surface area contributed by atoms with Gasteiger partial charge in [0, 0.05) is 30.9 Å². The zero-order valence-corrected chi connectivity index (χ0v) is 12.9. The summed E-state index contributed by atoms with van der Waals surface area (Å²) in [5.41, 5.74) is 1.07. The summed E-state index contributed by atoms with van der Waals surface area (Å²) in [7, 11) is 0. The normalized spacial score (nSPS) is 18.0. The van der Waals surface area contributed by atoms with Crippen LogP contribution in [0.4, 0.5) is 4.39 Å². The maximum Gasteiger partial charge on any atom is 0.226 e. The number of carbonyl (C=O) groups excluding carboxylic acids is 1. The van der Waals surface area contributed by atoms with E-state index in [-0.39, 0.29) is 24.7 Å². The van der Waals surface area contributed by atoms with Gasteiger partial charge in [0.1, 0.15) is 0 Å². The molecule has 2 heterocycles. The molecule has 6 heteroatoms. The third kappa shape index (κ3) is 3.88. The minimum atomic E-state index is -0.405. The summed E-state index contributed by atoms with van der Waals surface area (Å²) in [6, 6.07) is 8.18. The fourth-order valence-corrected chi connectivity index (χ4v) is 2.92. The molecule has 0 aliphatic carbocycles. The van der Waals surface area contributed by atoms with E-state index in [1.165, 1.54) is 6.07 Å². The number of amides is 1. The molecule has 5 nitrogen and oxygen atoms in total. The fraction of sp³-hybridized carbons (Fsp3) is 0.412. The predicted octanol–water partition coefficient (Wildman–Crippen LogP) is 2.72. The van der Waals surface area contributed by atoms with Crippen LogP contribution in [-0.4, -0.2) is 40.7 Å². The fourth-order valence-electron chi connectivity index (χ4n) is 2.92. The van der Waals surface area contributed by atoms with Gasteiger partial charge in [-0.05, 0) is 31.0 Å². The van der Waals surface area contributed by atoms with Crippen LogP contribution < -0.4 is 4.74 Å². The molecular formula is C17H20FN3O2. The zero-order valence-electron chi connectivity index (χ0n) is 12.9. The SMILES string of the molecule is O=C(CCOc1ccccc1F)N1CCCC(c2ccn[nH]2)C1. The Morgan fingerprint density at radius 1 is 1.39 bits per heavy atom. The van der Waals surface area contributed by atoms with Gasteiger partial charge in [0.05, 0.1) is 13.0 Å². The first-order valence-electron chi connectivity index (χ1n) is 7.88. The number of aromatic nitrogens is 2. The molecule has 1 saturated heterocycles. The molecule has 1 unspecified atom stereocenters. The van der Waals surface area contributed by atoms with Crippen LogP contribution >= 0.6 is 0 Å². The second-order valence-corrected chi connectivity index (χ2v) is 5.72. The van der Waals surface area contributed by atoms with Gasteiger partial charge in [-0.15, -0.1) is 0 Å². The number of carbonyl (C=O) groups is 1. The molecule has 1 aliphatic rings. The van der Waals surface area contributed by atoms with Crippen molar-refractivity contribution in [2.24, 2.45) is 0 Å². The van der Waals surface area contributed by atoms with Gasteiger partial charge in [-0.25, -0.2) is 4.39 Å². The van der Waals surface area contributed by atoms with Crippen LogP contribution in [0.25, 0.3) is 0 Å². The van der Waals surface area contributed by atoms with Crippen LogP contribution in [0.1, 0.15) is 30.9 Å². The van der Waals surface area contributed by atoms with Crippen molar-refractivity contribution in [3.8, 4) is 5.75 Å². The Hall–Kier alpha value is -2.37. The number of likely N-dealkylation sites (tertiary alicyclic amines) is 1. The summed E-state index contributed by atoms with van der Waals surface area (Å²) in [6.07, 6.45) is 4.02. The molecule has 1 amide bonds. The molecule has 1 aromatic heterocycles. The van der Waals surface area contributed by atoms with E-state index in [0.29, 0.717) is 12.5 Å². The molecule has 23 heavy (non-hydrogen) atoms. The van der Waals surface area contributed by atoms with E-state index in [1.807, 2.05) is 11.0 Å². The lowest BCUT2D eigenvalue weighted by atomic mass is 9.95. The Labute approximate surface area is 134 Å². The lowest BCUT2D eigenvalue weighted by molar-refractivity contribution is -0.132. The second-order valence-electron chi connectivity index (χ2n) is 5.72. The molecule has 1 fully saturated rings. The van der Waals surface area contributed by atoms with Crippen LogP contribution in [0.15, 0.2) is 36.5 Å². The van der Waals surface area contributed by atoms with Crippen LogP contribution in [0.3, 0.4) is 0 Å². The summed E-state index contributed by atoms with van der Waals surface area (Å²) in [4.78, 5) is 14.2. The average molecular weight is 317 g/mol. The molecule has 0 saturated carbocycles. The van der Waals surface area contributed by atoms with Gasteiger partial charge < -0.3 is 9.64 Å². The van der Waals surface area contributed by atoms with Gasteiger partial charge in [-0.3, -0.25) is 9.89 Å². The van der Waals surface area contributed by atoms with Crippen molar-refractivity contribution < 1.29 is 13.9 Å². The van der Waals surface area contributed by atoms with Crippen molar-refractivity contribution in [3.05, 3.63) is 48.0 Å². The summed E-state index contributed by atoms with van der Waals surface area (Å²) in [5.74, 6) is 0.139. The quantitative estimate of drug-likeness (QED) is 0.922. The minimum Gasteiger partial charge on any atom is -0.490 e. The second kappa shape index (κ2) is 7.26. The highest BCUT2D eigenvalue weighted by Gasteiger charge is 2.25. The first kappa shape index (κ1) is 15.5. The number of nitrogens with zero attached hydrogens (tertiary/aromatic N) is 2. The van der Waals surface area contributed by atoms with E-state index in [2.05, 4.69) is 10.2 Å². The summed E-state index contributed by atoms with van der Waals surface area (Å²) < 4.78 is 18.8. The van der Waals surface area contributed by atoms with Gasteiger partial charge in [0.2, 0.25) is 5.91 Å². The number of aromatic amines is 1. The Kier molecular flexibility index (Phi) is 4.90. The van der Waals surface area contributed by atoms with Crippen LogP contribution in [0.2, 0.25) is 0 Å². The number of hydrogen-bond donors (Lipinski definition) is 1. The third-order valence-electron chi connectivity index (χ3n) is 4.15. The molecule has 2 aromatic rings. The topological polar surface area (TPSA) is 58.2 Å². The third-order valence-corrected chi connectivity index (χ3v) is 4.15. The summed E-state index contributed by atoms with van der Waals surface area (Å²) >= 11 is 0. The largest absolute Gasteiger partial charge is 0.490 e. The van der Waals surface area contributed by atoms with Crippen molar-refractivity contribution in [1.29, 1.82) is 0 Å². The maximum atomic E-state index is 13.4. The smallest absolute Gasteiger partial charge is 0.226 e. The van der Waals surface area contributed by atoms with Crippen molar-refractivity contribution in [2.75, 3.05) is 19.7 Å². The highest BCUT2D eigenvalue weighted by atomic mass is 19.1. The number of nitrogens with one attached hydrogen (secondary N) is 1. The zero-order chi connectivity index (χ0) is 16.1. The van der Waals surface area contributed by atoms with Gasteiger partial charge in [0.25, 0.3) is 0 Å². The van der Waals surface area contributed by atoms with E-state index in [9.17, 15) is 9.18 Å². The van der Waals surface area contributed by atoms with E-state index in [4.69, 9.17) is 4.74 Å². The van der Waals surface area contributed by atoms with Crippen molar-refractivity contribution in [3.63, 3.8) is 0 Å². The number of para-hydroxylation sites is 1. The lowest BCUT2D eigenvalue weighted by Crippen LogP contribution is -2.39. The molecular weight excluding hydrogens is 297 g/mol. The van der Waals surface area contributed by atoms with E-state index in [0.717, 1.165) is 25.1 Å². The number of halogens is 1. The standard InChI is InChI=1S/C17H20FN3O2/c18-14-5-1-2-6-16(14)23-11-8-17(22)21-10-3-4-13(12-21)15-7-9-19-20-15/h1-2,5-7,9,13H,3-4,8,10-12H2,(H,19,20). The molecule has 1 aliphatic heterocycles. The Balaban J connectivity index is 1.49. The average Bonchev–Trinajstić information content (AvgIpc) is 3.11. The number of H-pyrrole nitrogens is 1. The van der Waals surface area contributed by atoms with Crippen LogP contribution in [0.5, 0.6) is 5.75 Å². The molecule has 1 aromatic carbocycles. The molecule has 3 rings (SSSR count). The first-order valence-corrected chi connectivity index (χ1v) is 7.88. The summed E-state index contributed by atoms with van der Waals surface area (Å²) in [5, 5.41) is 6.96. The number of piperidine rings is 1. The van der Waals surface area contributed by atoms with E-state index < -0.39 is 5.82 Å². The van der Waals surface area contributed by atoms with Gasteiger partial charge >= 0.3 is 0 Å². The molecule has 0 radical (unpaired) electrons. The maximum absolute atomic E-state index is 13.4. The van der Waals surface area contributed by atoms with E-state index >= 15 is 0 Å².